The van der Waals surface area contributed by atoms with Crippen molar-refractivity contribution < 1.29 is 9.21 Å². The number of nitrogens with one attached hydrogen (secondary N) is 2. The Balaban J connectivity index is 1.77. The molecule has 9 heteroatoms. The summed E-state index contributed by atoms with van der Waals surface area (Å²) >= 11 is 0. The number of aromatic amines is 1. The van der Waals surface area contributed by atoms with E-state index in [0.29, 0.717) is 17.1 Å². The van der Waals surface area contributed by atoms with E-state index < -0.39 is 5.56 Å². The van der Waals surface area contributed by atoms with Crippen molar-refractivity contribution in [2.45, 2.75) is 0 Å². The van der Waals surface area contributed by atoms with Crippen LogP contribution in [0, 0.1) is 0 Å². The molecule has 4 heterocycles. The molecule has 4 aromatic rings. The van der Waals surface area contributed by atoms with Gasteiger partial charge < -0.3 is 9.73 Å². The van der Waals surface area contributed by atoms with Crippen molar-refractivity contribution >= 4 is 17.5 Å². The molecule has 0 radical (unpaired) electrons. The van der Waals surface area contributed by atoms with Gasteiger partial charge >= 0.3 is 0 Å². The number of aromatic nitrogens is 5. The van der Waals surface area contributed by atoms with Crippen molar-refractivity contribution in [3.63, 3.8) is 0 Å². The van der Waals surface area contributed by atoms with Gasteiger partial charge in [0, 0.05) is 24.0 Å². The number of H-pyrrole nitrogens is 1. The summed E-state index contributed by atoms with van der Waals surface area (Å²) < 4.78 is 6.58. The third-order valence-corrected chi connectivity index (χ3v) is 3.26. The second-order valence-electron chi connectivity index (χ2n) is 4.86. The number of anilines is 1. The highest BCUT2D eigenvalue weighted by atomic mass is 16.3. The van der Waals surface area contributed by atoms with Crippen LogP contribution in [0.25, 0.3) is 17.4 Å². The van der Waals surface area contributed by atoms with Crippen LogP contribution in [0.3, 0.4) is 0 Å². The van der Waals surface area contributed by atoms with Crippen molar-refractivity contribution in [1.29, 1.82) is 0 Å². The predicted octanol–water partition coefficient (Wildman–Crippen LogP) is 1.32. The lowest BCUT2D eigenvalue weighted by Gasteiger charge is -2.05. The van der Waals surface area contributed by atoms with Gasteiger partial charge in [0.15, 0.2) is 5.76 Å². The lowest BCUT2D eigenvalue weighted by Crippen LogP contribution is -2.18. The van der Waals surface area contributed by atoms with Crippen molar-refractivity contribution in [2.75, 3.05) is 5.32 Å². The predicted molar refractivity (Wildman–Crippen MR) is 83.5 cm³/mol. The summed E-state index contributed by atoms with van der Waals surface area (Å²) in [7, 11) is 0. The van der Waals surface area contributed by atoms with E-state index in [1.165, 1.54) is 29.2 Å². The molecular weight excluding hydrogens is 312 g/mol. The molecule has 9 nitrogen and oxygen atoms in total. The number of amides is 1. The standard InChI is InChI=1S/C15H10N6O3/c22-12-8-11(17-14(23)9-3-5-16-6-4-9)21-15(18-12)19-13(20-21)10-2-1-7-24-10/h1-8H,(H,17,23)(H,18,19,20,22). The summed E-state index contributed by atoms with van der Waals surface area (Å²) in [4.78, 5) is 34.7. The van der Waals surface area contributed by atoms with Gasteiger partial charge in [-0.05, 0) is 24.3 Å². The topological polar surface area (TPSA) is 118 Å². The molecule has 0 fully saturated rings. The largest absolute Gasteiger partial charge is 0.461 e. The van der Waals surface area contributed by atoms with Crippen molar-refractivity contribution in [1.82, 2.24) is 24.6 Å². The second kappa shape index (κ2) is 5.47. The number of carbonyl (C=O) groups is 1. The van der Waals surface area contributed by atoms with E-state index in [0.717, 1.165) is 0 Å². The molecule has 0 atom stereocenters. The van der Waals surface area contributed by atoms with Crippen LogP contribution >= 0.6 is 0 Å². The Hall–Kier alpha value is -3.75. The number of nitrogens with zero attached hydrogens (tertiary/aromatic N) is 4. The highest BCUT2D eigenvalue weighted by Gasteiger charge is 2.14. The molecule has 4 aromatic heterocycles. The summed E-state index contributed by atoms with van der Waals surface area (Å²) in [6.45, 7) is 0. The zero-order valence-electron chi connectivity index (χ0n) is 12.1. The van der Waals surface area contributed by atoms with Crippen LogP contribution in [0.15, 0.2) is 58.2 Å². The van der Waals surface area contributed by atoms with Crippen molar-refractivity contribution in [2.24, 2.45) is 0 Å². The summed E-state index contributed by atoms with van der Waals surface area (Å²) in [6.07, 6.45) is 4.51. The van der Waals surface area contributed by atoms with Gasteiger partial charge in [0.2, 0.25) is 11.6 Å². The molecule has 24 heavy (non-hydrogen) atoms. The average Bonchev–Trinajstić information content (AvgIpc) is 3.24. The lowest BCUT2D eigenvalue weighted by atomic mass is 10.2. The first-order valence-corrected chi connectivity index (χ1v) is 6.96. The molecule has 0 aliphatic heterocycles. The van der Waals surface area contributed by atoms with Gasteiger partial charge in [0.25, 0.3) is 11.5 Å². The molecule has 0 aromatic carbocycles. The van der Waals surface area contributed by atoms with E-state index in [1.807, 2.05) is 0 Å². The van der Waals surface area contributed by atoms with Gasteiger partial charge in [-0.3, -0.25) is 19.6 Å². The molecule has 4 rings (SSSR count). The van der Waals surface area contributed by atoms with Gasteiger partial charge in [-0.15, -0.1) is 5.10 Å². The second-order valence-corrected chi connectivity index (χ2v) is 4.86. The molecule has 0 spiro atoms. The highest BCUT2D eigenvalue weighted by molar-refractivity contribution is 6.03. The lowest BCUT2D eigenvalue weighted by molar-refractivity contribution is 0.102. The van der Waals surface area contributed by atoms with Crippen LogP contribution in [0.4, 0.5) is 5.82 Å². The maximum absolute atomic E-state index is 12.3. The Kier molecular flexibility index (Phi) is 3.16. The Morgan fingerprint density at radius 2 is 2.08 bits per heavy atom. The molecule has 1 amide bonds. The van der Waals surface area contributed by atoms with Crippen LogP contribution in [0.5, 0.6) is 0 Å². The zero-order chi connectivity index (χ0) is 16.5. The van der Waals surface area contributed by atoms with E-state index in [9.17, 15) is 9.59 Å². The van der Waals surface area contributed by atoms with E-state index >= 15 is 0 Å². The Bertz CT molecular complexity index is 1070. The molecule has 2 N–H and O–H groups in total. The van der Waals surface area contributed by atoms with E-state index in [4.69, 9.17) is 4.42 Å². The van der Waals surface area contributed by atoms with E-state index in [-0.39, 0.29) is 17.5 Å². The number of furan rings is 1. The molecule has 0 saturated carbocycles. The minimum Gasteiger partial charge on any atom is -0.461 e. The van der Waals surface area contributed by atoms with Crippen molar-refractivity contribution in [3.8, 4) is 11.6 Å². The quantitative estimate of drug-likeness (QED) is 0.587. The third-order valence-electron chi connectivity index (χ3n) is 3.26. The molecule has 0 bridgehead atoms. The maximum atomic E-state index is 12.3. The van der Waals surface area contributed by atoms with Crippen LogP contribution in [0.1, 0.15) is 10.4 Å². The van der Waals surface area contributed by atoms with Gasteiger partial charge in [0.05, 0.1) is 6.26 Å². The molecule has 0 saturated heterocycles. The summed E-state index contributed by atoms with van der Waals surface area (Å²) in [5.74, 6) is 0.742. The first-order valence-electron chi connectivity index (χ1n) is 6.96. The van der Waals surface area contributed by atoms with Gasteiger partial charge in [-0.25, -0.2) is 0 Å². The number of carbonyl (C=O) groups excluding carboxylic acids is 1. The fraction of sp³-hybridized carbons (Fsp3) is 0. The fourth-order valence-corrected chi connectivity index (χ4v) is 2.18. The molecule has 118 valence electrons. The van der Waals surface area contributed by atoms with Crippen LogP contribution in [-0.2, 0) is 0 Å². The normalized spacial score (nSPS) is 10.8. The van der Waals surface area contributed by atoms with Gasteiger partial charge in [-0.2, -0.15) is 9.50 Å². The summed E-state index contributed by atoms with van der Waals surface area (Å²) in [6, 6.07) is 7.76. The van der Waals surface area contributed by atoms with Crippen molar-refractivity contribution in [3.05, 3.63) is 64.9 Å². The maximum Gasteiger partial charge on any atom is 0.256 e. The number of hydrogen-bond donors (Lipinski definition) is 2. The van der Waals surface area contributed by atoms with Gasteiger partial charge in [0.1, 0.15) is 5.82 Å². The van der Waals surface area contributed by atoms with E-state index in [1.54, 1.807) is 24.3 Å². The minimum atomic E-state index is -0.411. The molecule has 0 unspecified atom stereocenters. The molecule has 0 aliphatic rings. The SMILES string of the molecule is O=C(Nc1cc(=O)[nH]c2nc(-c3ccco3)nn12)c1ccncc1. The van der Waals surface area contributed by atoms with E-state index in [2.05, 4.69) is 25.4 Å². The highest BCUT2D eigenvalue weighted by Crippen LogP contribution is 2.17. The molecular formula is C15H10N6O3. The third kappa shape index (κ3) is 2.43. The van der Waals surface area contributed by atoms with Crippen LogP contribution in [0.2, 0.25) is 0 Å². The fourth-order valence-electron chi connectivity index (χ4n) is 2.18. The van der Waals surface area contributed by atoms with Crippen LogP contribution in [-0.4, -0.2) is 30.5 Å². The van der Waals surface area contributed by atoms with Crippen LogP contribution < -0.4 is 10.9 Å². The Morgan fingerprint density at radius 3 is 2.83 bits per heavy atom. The number of rotatable bonds is 3. The Morgan fingerprint density at radius 1 is 1.25 bits per heavy atom. The zero-order valence-corrected chi connectivity index (χ0v) is 12.1. The monoisotopic (exact) mass is 322 g/mol. The summed E-state index contributed by atoms with van der Waals surface area (Å²) in [5, 5.41) is 6.90. The first-order chi connectivity index (χ1) is 11.7. The smallest absolute Gasteiger partial charge is 0.256 e. The number of hydrogen-bond acceptors (Lipinski definition) is 6. The minimum absolute atomic E-state index is 0.193. The first kappa shape index (κ1) is 13.9. The number of fused-ring (bicyclic) bond motifs is 1. The Labute approximate surface area is 134 Å². The number of pyridine rings is 1. The van der Waals surface area contributed by atoms with Gasteiger partial charge in [-0.1, -0.05) is 0 Å². The summed E-state index contributed by atoms with van der Waals surface area (Å²) in [5.41, 5.74) is -0.00396. The average molecular weight is 322 g/mol. The molecule has 0 aliphatic carbocycles.